The smallest absolute Gasteiger partial charge is 0.413 e. The molecule has 1 saturated heterocycles. The van der Waals surface area contributed by atoms with E-state index in [9.17, 15) is 22.4 Å². The number of methoxy groups -OCH3 is 1. The highest BCUT2D eigenvalue weighted by molar-refractivity contribution is 7.89. The number of hydrogen-bond acceptors (Lipinski definition) is 6. The first-order valence-corrected chi connectivity index (χ1v) is 9.56. The highest BCUT2D eigenvalue weighted by Crippen LogP contribution is 2.23. The van der Waals surface area contributed by atoms with Crippen LogP contribution >= 0.6 is 11.6 Å². The maximum absolute atomic E-state index is 13.2. The molecular weight excluding hydrogens is 389 g/mol. The number of ether oxygens (including phenoxy) is 1. The van der Waals surface area contributed by atoms with Gasteiger partial charge in [-0.25, -0.2) is 17.6 Å². The lowest BCUT2D eigenvalue weighted by Crippen LogP contribution is -2.55. The van der Waals surface area contributed by atoms with Gasteiger partial charge in [-0.1, -0.05) is 11.6 Å². The number of amides is 2. The summed E-state index contributed by atoms with van der Waals surface area (Å²) < 4.78 is 44.1. The van der Waals surface area contributed by atoms with Crippen molar-refractivity contribution in [3.8, 4) is 0 Å². The van der Waals surface area contributed by atoms with Gasteiger partial charge in [0.1, 0.15) is 5.82 Å². The number of hydrogen-bond donors (Lipinski definition) is 1. The van der Waals surface area contributed by atoms with E-state index < -0.39 is 33.9 Å². The summed E-state index contributed by atoms with van der Waals surface area (Å²) in [6.07, 6.45) is -0.851. The quantitative estimate of drug-likeness (QED) is 0.801. The molecule has 1 aromatic rings. The van der Waals surface area contributed by atoms with Gasteiger partial charge in [-0.15, -0.1) is 0 Å². The van der Waals surface area contributed by atoms with Crippen LogP contribution in [-0.2, 0) is 19.6 Å². The second-order valence-corrected chi connectivity index (χ2v) is 8.02. The third-order valence-electron chi connectivity index (χ3n) is 4.14. The van der Waals surface area contributed by atoms with Gasteiger partial charge >= 0.3 is 6.09 Å². The van der Waals surface area contributed by atoms with Gasteiger partial charge in [0.15, 0.2) is 0 Å². The van der Waals surface area contributed by atoms with Gasteiger partial charge in [0.05, 0.1) is 23.1 Å². The first-order chi connectivity index (χ1) is 12.2. The molecule has 0 spiro atoms. The van der Waals surface area contributed by atoms with E-state index in [4.69, 9.17) is 11.6 Å². The van der Waals surface area contributed by atoms with Crippen molar-refractivity contribution < 1.29 is 27.1 Å². The number of piperazine rings is 1. The molecule has 2 rings (SSSR count). The molecule has 2 amide bonds. The Bertz CT molecular complexity index is 796. The van der Waals surface area contributed by atoms with Gasteiger partial charge in [-0.2, -0.15) is 4.31 Å². The molecule has 0 saturated carbocycles. The standard InChI is InChI=1S/C15H19ClFN3O5S/c1-10(14(21)18-15(22)25-2)19-5-7-20(8-6-19)26(23,24)11-3-4-13(17)12(16)9-11/h3-4,9-10H,5-8H2,1-2H3,(H,18,21,22)/t10-/m1/s1. The molecule has 1 aromatic carbocycles. The number of carbonyl (C=O) groups excluding carboxylic acids is 2. The van der Waals surface area contributed by atoms with E-state index in [1.54, 1.807) is 11.8 Å². The summed E-state index contributed by atoms with van der Waals surface area (Å²) in [6.45, 7) is 2.50. The van der Waals surface area contributed by atoms with Crippen LogP contribution in [0.1, 0.15) is 6.92 Å². The highest BCUT2D eigenvalue weighted by Gasteiger charge is 2.32. The minimum atomic E-state index is -3.81. The normalized spacial score (nSPS) is 17.5. The number of nitrogens with one attached hydrogen (secondary N) is 1. The molecule has 8 nitrogen and oxygen atoms in total. The zero-order valence-electron chi connectivity index (χ0n) is 14.2. The fourth-order valence-corrected chi connectivity index (χ4v) is 4.23. The maximum Gasteiger partial charge on any atom is 0.413 e. The summed E-state index contributed by atoms with van der Waals surface area (Å²) in [6, 6.07) is 2.62. The van der Waals surface area contributed by atoms with E-state index >= 15 is 0 Å². The Kier molecular flexibility index (Phi) is 6.56. The monoisotopic (exact) mass is 407 g/mol. The fourth-order valence-electron chi connectivity index (χ4n) is 2.54. The summed E-state index contributed by atoms with van der Waals surface area (Å²) in [5.41, 5.74) is 0. The lowest BCUT2D eigenvalue weighted by Gasteiger charge is -2.36. The molecule has 1 aliphatic heterocycles. The van der Waals surface area contributed by atoms with Crippen LogP contribution in [0.25, 0.3) is 0 Å². The molecule has 0 unspecified atom stereocenters. The van der Waals surface area contributed by atoms with E-state index in [2.05, 4.69) is 10.1 Å². The summed E-state index contributed by atoms with van der Waals surface area (Å²) in [5.74, 6) is -1.22. The number of sulfonamides is 1. The molecule has 0 radical (unpaired) electrons. The largest absolute Gasteiger partial charge is 0.453 e. The number of alkyl carbamates (subject to hydrolysis) is 1. The summed E-state index contributed by atoms with van der Waals surface area (Å²) in [5, 5.41) is 1.82. The van der Waals surface area contributed by atoms with Crippen LogP contribution in [0.5, 0.6) is 0 Å². The number of nitrogens with zero attached hydrogens (tertiary/aromatic N) is 2. The van der Waals surface area contributed by atoms with Gasteiger partial charge < -0.3 is 4.74 Å². The predicted octanol–water partition coefficient (Wildman–Crippen LogP) is 1.06. The molecule has 1 heterocycles. The number of halogens is 2. The van der Waals surface area contributed by atoms with Gasteiger partial charge in [-0.3, -0.25) is 15.0 Å². The molecule has 0 aliphatic carbocycles. The van der Waals surface area contributed by atoms with Crippen LogP contribution in [0.3, 0.4) is 0 Å². The fraction of sp³-hybridized carbons (Fsp3) is 0.467. The first-order valence-electron chi connectivity index (χ1n) is 7.75. The predicted molar refractivity (Wildman–Crippen MR) is 91.8 cm³/mol. The number of rotatable bonds is 4. The maximum atomic E-state index is 13.2. The average Bonchev–Trinajstić information content (AvgIpc) is 2.63. The molecule has 1 aliphatic rings. The summed E-state index contributed by atoms with van der Waals surface area (Å²) >= 11 is 5.66. The Morgan fingerprint density at radius 1 is 1.27 bits per heavy atom. The van der Waals surface area contributed by atoms with Gasteiger partial charge in [0.25, 0.3) is 0 Å². The topological polar surface area (TPSA) is 96.0 Å². The van der Waals surface area contributed by atoms with Crippen LogP contribution < -0.4 is 5.32 Å². The first kappa shape index (κ1) is 20.6. The van der Waals surface area contributed by atoms with Crippen LogP contribution in [0, 0.1) is 5.82 Å². The van der Waals surface area contributed by atoms with Crippen molar-refractivity contribution in [2.24, 2.45) is 0 Å². The number of imide groups is 1. The van der Waals surface area contributed by atoms with E-state index in [0.29, 0.717) is 13.1 Å². The molecule has 11 heteroatoms. The zero-order chi connectivity index (χ0) is 19.5. The lowest BCUT2D eigenvalue weighted by molar-refractivity contribution is -0.125. The zero-order valence-corrected chi connectivity index (χ0v) is 15.8. The molecule has 144 valence electrons. The number of benzene rings is 1. The van der Waals surface area contributed by atoms with Crippen molar-refractivity contribution in [3.63, 3.8) is 0 Å². The molecule has 1 atom stereocenters. The van der Waals surface area contributed by atoms with Gasteiger partial charge in [0.2, 0.25) is 15.9 Å². The average molecular weight is 408 g/mol. The van der Waals surface area contributed by atoms with E-state index in [0.717, 1.165) is 25.3 Å². The molecule has 1 fully saturated rings. The van der Waals surface area contributed by atoms with Crippen LogP contribution in [0.2, 0.25) is 5.02 Å². The minimum Gasteiger partial charge on any atom is -0.453 e. The molecular formula is C15H19ClFN3O5S. The van der Waals surface area contributed by atoms with Crippen LogP contribution in [-0.4, -0.2) is 69.0 Å². The van der Waals surface area contributed by atoms with Crippen molar-refractivity contribution >= 4 is 33.6 Å². The molecule has 0 bridgehead atoms. The van der Waals surface area contributed by atoms with Gasteiger partial charge in [0, 0.05) is 26.2 Å². The second kappa shape index (κ2) is 8.30. The number of carbonyl (C=O) groups is 2. The lowest BCUT2D eigenvalue weighted by atomic mass is 10.2. The van der Waals surface area contributed by atoms with Crippen molar-refractivity contribution in [3.05, 3.63) is 29.0 Å². The van der Waals surface area contributed by atoms with Crippen LogP contribution in [0.4, 0.5) is 9.18 Å². The summed E-state index contributed by atoms with van der Waals surface area (Å²) in [7, 11) is -2.66. The Balaban J connectivity index is 2.02. The van der Waals surface area contributed by atoms with Crippen molar-refractivity contribution in [1.29, 1.82) is 0 Å². The second-order valence-electron chi connectivity index (χ2n) is 5.67. The highest BCUT2D eigenvalue weighted by atomic mass is 35.5. The minimum absolute atomic E-state index is 0.0890. The van der Waals surface area contributed by atoms with Gasteiger partial charge in [-0.05, 0) is 25.1 Å². The molecule has 0 aromatic heterocycles. The molecule has 26 heavy (non-hydrogen) atoms. The Morgan fingerprint density at radius 3 is 2.42 bits per heavy atom. The Hall–Kier alpha value is -1.75. The Labute approximate surface area is 155 Å². The Morgan fingerprint density at radius 2 is 1.88 bits per heavy atom. The van der Waals surface area contributed by atoms with Crippen molar-refractivity contribution in [1.82, 2.24) is 14.5 Å². The molecule has 1 N–H and O–H groups in total. The van der Waals surface area contributed by atoms with E-state index in [1.165, 1.54) is 4.31 Å². The van der Waals surface area contributed by atoms with E-state index in [-0.39, 0.29) is 23.0 Å². The van der Waals surface area contributed by atoms with Crippen molar-refractivity contribution in [2.75, 3.05) is 33.3 Å². The summed E-state index contributed by atoms with van der Waals surface area (Å²) in [4.78, 5) is 24.7. The third-order valence-corrected chi connectivity index (χ3v) is 6.32. The third kappa shape index (κ3) is 4.50. The van der Waals surface area contributed by atoms with Crippen LogP contribution in [0.15, 0.2) is 23.1 Å². The van der Waals surface area contributed by atoms with E-state index in [1.807, 2.05) is 0 Å². The SMILES string of the molecule is COC(=O)NC(=O)[C@@H](C)N1CCN(S(=O)(=O)c2ccc(F)c(Cl)c2)CC1. The van der Waals surface area contributed by atoms with Crippen molar-refractivity contribution in [2.45, 2.75) is 17.9 Å².